The first kappa shape index (κ1) is 37.4. The molecule has 0 heterocycles. The summed E-state index contributed by atoms with van der Waals surface area (Å²) in [6.07, 6.45) is 49.5. The van der Waals surface area contributed by atoms with Gasteiger partial charge in [-0.2, -0.15) is 0 Å². The van der Waals surface area contributed by atoms with E-state index in [0.29, 0.717) is 0 Å². The highest BCUT2D eigenvalue weighted by atomic mass is 16.3. The first-order valence-corrected chi connectivity index (χ1v) is 17.8. The Morgan fingerprint density at radius 3 is 0.868 bits per heavy atom. The van der Waals surface area contributed by atoms with Crippen molar-refractivity contribution in [2.75, 3.05) is 0 Å². The topological polar surface area (TPSA) is 20.2 Å². The Morgan fingerprint density at radius 2 is 0.579 bits per heavy atom. The van der Waals surface area contributed by atoms with Crippen LogP contribution in [0.2, 0.25) is 0 Å². The highest BCUT2D eigenvalue weighted by molar-refractivity contribution is 4.82. The summed E-state index contributed by atoms with van der Waals surface area (Å²) in [5.41, 5.74) is 0. The standard InChI is InChI=1S/C37H72O/c1-3-5-7-9-11-13-15-17-19-21-23-25-27-29-31-33-35-37(38)36-34-32-30-28-26-24-22-20-18-16-14-12-10-8-6-4-2/h17-20,37-38H,3-16,21-36H2,1-2H3/b19-17-,20-18-. The summed E-state index contributed by atoms with van der Waals surface area (Å²) in [7, 11) is 0. The number of allylic oxidation sites excluding steroid dienone is 4. The lowest BCUT2D eigenvalue weighted by Crippen LogP contribution is -2.05. The van der Waals surface area contributed by atoms with Crippen molar-refractivity contribution in [1.29, 1.82) is 0 Å². The van der Waals surface area contributed by atoms with E-state index in [-0.39, 0.29) is 6.10 Å². The van der Waals surface area contributed by atoms with Crippen molar-refractivity contribution < 1.29 is 5.11 Å². The van der Waals surface area contributed by atoms with Gasteiger partial charge in [-0.15, -0.1) is 0 Å². The molecule has 0 bridgehead atoms. The minimum absolute atomic E-state index is 0.0523. The highest BCUT2D eigenvalue weighted by Gasteiger charge is 2.03. The van der Waals surface area contributed by atoms with Gasteiger partial charge in [0.1, 0.15) is 0 Å². The van der Waals surface area contributed by atoms with E-state index < -0.39 is 0 Å². The van der Waals surface area contributed by atoms with Crippen LogP contribution in [0.15, 0.2) is 24.3 Å². The van der Waals surface area contributed by atoms with Crippen molar-refractivity contribution in [1.82, 2.24) is 0 Å². The smallest absolute Gasteiger partial charge is 0.0540 e. The second kappa shape index (κ2) is 34.5. The molecule has 0 saturated carbocycles. The zero-order chi connectivity index (χ0) is 27.6. The first-order chi connectivity index (χ1) is 18.8. The lowest BCUT2D eigenvalue weighted by molar-refractivity contribution is 0.147. The third-order valence-corrected chi connectivity index (χ3v) is 8.10. The molecule has 1 N–H and O–H groups in total. The van der Waals surface area contributed by atoms with Gasteiger partial charge in [-0.05, 0) is 64.2 Å². The van der Waals surface area contributed by atoms with Crippen molar-refractivity contribution in [2.24, 2.45) is 0 Å². The van der Waals surface area contributed by atoms with Gasteiger partial charge in [-0.1, -0.05) is 167 Å². The Bertz CT molecular complexity index is 423. The molecular formula is C37H72O. The van der Waals surface area contributed by atoms with Gasteiger partial charge in [-0.25, -0.2) is 0 Å². The normalized spacial score (nSPS) is 12.1. The molecule has 0 aromatic rings. The minimum atomic E-state index is -0.0523. The molecule has 1 heteroatoms. The van der Waals surface area contributed by atoms with Gasteiger partial charge < -0.3 is 5.11 Å². The Labute approximate surface area is 241 Å². The average molecular weight is 533 g/mol. The number of hydrogen-bond acceptors (Lipinski definition) is 1. The molecule has 0 atom stereocenters. The summed E-state index contributed by atoms with van der Waals surface area (Å²) in [6.45, 7) is 4.57. The molecule has 0 unspecified atom stereocenters. The largest absolute Gasteiger partial charge is 0.393 e. The van der Waals surface area contributed by atoms with E-state index in [1.807, 2.05) is 0 Å². The Hall–Kier alpha value is -0.560. The van der Waals surface area contributed by atoms with Crippen molar-refractivity contribution >= 4 is 0 Å². The SMILES string of the molecule is CCCCCCCC/C=C\CCCCCCCCC(O)CCCCCCCC/C=C\CCCCCCCC. The molecule has 0 saturated heterocycles. The summed E-state index contributed by atoms with van der Waals surface area (Å²) in [4.78, 5) is 0. The molecule has 0 aliphatic rings. The van der Waals surface area contributed by atoms with Gasteiger partial charge in [0.05, 0.1) is 6.10 Å². The van der Waals surface area contributed by atoms with Gasteiger partial charge in [0.25, 0.3) is 0 Å². The van der Waals surface area contributed by atoms with E-state index in [4.69, 9.17) is 0 Å². The molecule has 0 aromatic carbocycles. The number of aliphatic hydroxyl groups excluding tert-OH is 1. The molecule has 0 spiro atoms. The average Bonchev–Trinajstić information content (AvgIpc) is 2.92. The van der Waals surface area contributed by atoms with Gasteiger partial charge in [0, 0.05) is 0 Å². The number of rotatable bonds is 32. The molecule has 0 rings (SSSR count). The van der Waals surface area contributed by atoms with Crippen LogP contribution < -0.4 is 0 Å². The summed E-state index contributed by atoms with van der Waals surface area (Å²) < 4.78 is 0. The summed E-state index contributed by atoms with van der Waals surface area (Å²) >= 11 is 0. The Kier molecular flexibility index (Phi) is 34.0. The molecule has 226 valence electrons. The van der Waals surface area contributed by atoms with Crippen LogP contribution in [-0.4, -0.2) is 11.2 Å². The molecule has 0 amide bonds. The number of hydrogen-bond donors (Lipinski definition) is 1. The maximum Gasteiger partial charge on any atom is 0.0540 e. The Balaban J connectivity index is 3.22. The van der Waals surface area contributed by atoms with Crippen LogP contribution in [0.4, 0.5) is 0 Å². The maximum atomic E-state index is 10.3. The van der Waals surface area contributed by atoms with Gasteiger partial charge in [0.2, 0.25) is 0 Å². The summed E-state index contributed by atoms with van der Waals surface area (Å²) in [5.74, 6) is 0. The third-order valence-electron chi connectivity index (χ3n) is 8.10. The van der Waals surface area contributed by atoms with E-state index in [1.54, 1.807) is 0 Å². The van der Waals surface area contributed by atoms with Crippen LogP contribution in [0.5, 0.6) is 0 Å². The minimum Gasteiger partial charge on any atom is -0.393 e. The van der Waals surface area contributed by atoms with Crippen molar-refractivity contribution in [2.45, 2.75) is 213 Å². The van der Waals surface area contributed by atoms with Crippen LogP contribution in [0.1, 0.15) is 206 Å². The zero-order valence-corrected chi connectivity index (χ0v) is 26.5. The Morgan fingerprint density at radius 1 is 0.342 bits per heavy atom. The quantitative estimate of drug-likeness (QED) is 0.0674. The summed E-state index contributed by atoms with van der Waals surface area (Å²) in [5, 5.41) is 10.3. The molecule has 0 fully saturated rings. The fourth-order valence-electron chi connectivity index (χ4n) is 5.40. The fraction of sp³-hybridized carbons (Fsp3) is 0.892. The van der Waals surface area contributed by atoms with Gasteiger partial charge in [-0.3, -0.25) is 0 Å². The lowest BCUT2D eigenvalue weighted by Gasteiger charge is -2.10. The number of unbranched alkanes of at least 4 members (excludes halogenated alkanes) is 24. The van der Waals surface area contributed by atoms with E-state index in [2.05, 4.69) is 38.2 Å². The van der Waals surface area contributed by atoms with Crippen LogP contribution in [0.25, 0.3) is 0 Å². The predicted molar refractivity (Wildman–Crippen MR) is 174 cm³/mol. The molecule has 0 aliphatic heterocycles. The molecule has 0 aliphatic carbocycles. The monoisotopic (exact) mass is 533 g/mol. The van der Waals surface area contributed by atoms with E-state index in [1.165, 1.54) is 180 Å². The maximum absolute atomic E-state index is 10.3. The van der Waals surface area contributed by atoms with Gasteiger partial charge >= 0.3 is 0 Å². The third kappa shape index (κ3) is 33.5. The zero-order valence-electron chi connectivity index (χ0n) is 26.5. The highest BCUT2D eigenvalue weighted by Crippen LogP contribution is 2.15. The van der Waals surface area contributed by atoms with Crippen LogP contribution in [-0.2, 0) is 0 Å². The van der Waals surface area contributed by atoms with Crippen molar-refractivity contribution in [3.8, 4) is 0 Å². The lowest BCUT2D eigenvalue weighted by atomic mass is 10.0. The van der Waals surface area contributed by atoms with E-state index in [9.17, 15) is 5.11 Å². The fourth-order valence-corrected chi connectivity index (χ4v) is 5.40. The van der Waals surface area contributed by atoms with Gasteiger partial charge in [0.15, 0.2) is 0 Å². The van der Waals surface area contributed by atoms with E-state index >= 15 is 0 Å². The van der Waals surface area contributed by atoms with Crippen LogP contribution in [0, 0.1) is 0 Å². The van der Waals surface area contributed by atoms with Crippen molar-refractivity contribution in [3.05, 3.63) is 24.3 Å². The second-order valence-electron chi connectivity index (χ2n) is 12.1. The van der Waals surface area contributed by atoms with Crippen LogP contribution >= 0.6 is 0 Å². The first-order valence-electron chi connectivity index (χ1n) is 17.8. The summed E-state index contributed by atoms with van der Waals surface area (Å²) in [6, 6.07) is 0. The molecule has 1 nitrogen and oxygen atoms in total. The molecule has 38 heavy (non-hydrogen) atoms. The van der Waals surface area contributed by atoms with Crippen LogP contribution in [0.3, 0.4) is 0 Å². The molecule has 0 radical (unpaired) electrons. The second-order valence-corrected chi connectivity index (χ2v) is 12.1. The number of aliphatic hydroxyl groups is 1. The molecule has 0 aromatic heterocycles. The van der Waals surface area contributed by atoms with Crippen molar-refractivity contribution in [3.63, 3.8) is 0 Å². The predicted octanol–water partition coefficient (Wildman–Crippen LogP) is 13.2. The molecular weight excluding hydrogens is 460 g/mol. The van der Waals surface area contributed by atoms with E-state index in [0.717, 1.165) is 12.8 Å².